The fraction of sp³-hybridized carbons (Fsp3) is 0.208. The number of aromatic nitrogens is 1. The van der Waals surface area contributed by atoms with Crippen molar-refractivity contribution in [3.8, 4) is 10.8 Å². The summed E-state index contributed by atoms with van der Waals surface area (Å²) >= 11 is 1.51. The molecule has 0 bridgehead atoms. The number of fused-ring (bicyclic) bond motifs is 1. The van der Waals surface area contributed by atoms with Gasteiger partial charge in [0.1, 0.15) is 6.04 Å². The Hall–Kier alpha value is -3.45. The van der Waals surface area contributed by atoms with Gasteiger partial charge in [0, 0.05) is 12.5 Å². The van der Waals surface area contributed by atoms with Crippen molar-refractivity contribution < 1.29 is 14.0 Å². The summed E-state index contributed by atoms with van der Waals surface area (Å²) in [5, 5.41) is 6.54. The summed E-state index contributed by atoms with van der Waals surface area (Å²) in [6.07, 6.45) is 2.39. The molecule has 0 aliphatic heterocycles. The molecule has 4 aromatic rings. The molecule has 2 amide bonds. The van der Waals surface area contributed by atoms with Gasteiger partial charge in [-0.15, -0.1) is 11.3 Å². The monoisotopic (exact) mass is 431 g/mol. The van der Waals surface area contributed by atoms with Gasteiger partial charge in [-0.05, 0) is 42.7 Å². The summed E-state index contributed by atoms with van der Waals surface area (Å²) in [5.41, 5.74) is 1.87. The molecule has 1 unspecified atom stereocenters. The van der Waals surface area contributed by atoms with Gasteiger partial charge in [0.05, 0.1) is 10.2 Å². The molecule has 1 aliphatic rings. The standard InChI is InChI=1S/C24H21N3O3S/c28-22(25-16-10-11-16)18(14-15-6-2-1-3-7-15)26-23(29)19-12-13-20(30-19)24-27-17-8-4-5-9-21(17)31-24/h1-9,12-13,16,18H,10-11,14H2,(H,25,28)(H,26,29). The minimum absolute atomic E-state index is 0.159. The van der Waals surface area contributed by atoms with E-state index in [0.717, 1.165) is 28.6 Å². The normalized spacial score (nSPS) is 14.3. The highest BCUT2D eigenvalue weighted by Crippen LogP contribution is 2.31. The average molecular weight is 432 g/mol. The fourth-order valence-electron chi connectivity index (χ4n) is 3.37. The van der Waals surface area contributed by atoms with Crippen LogP contribution in [0.5, 0.6) is 0 Å². The number of carbonyl (C=O) groups is 2. The lowest BCUT2D eigenvalue weighted by Crippen LogP contribution is -2.48. The van der Waals surface area contributed by atoms with E-state index in [4.69, 9.17) is 4.42 Å². The van der Waals surface area contributed by atoms with Gasteiger partial charge in [0.2, 0.25) is 5.91 Å². The maximum Gasteiger partial charge on any atom is 0.287 e. The Morgan fingerprint density at radius 2 is 1.81 bits per heavy atom. The number of para-hydroxylation sites is 1. The number of benzene rings is 2. The summed E-state index contributed by atoms with van der Waals surface area (Å²) in [4.78, 5) is 30.2. The Labute approximate surface area is 183 Å². The van der Waals surface area contributed by atoms with Crippen LogP contribution in [-0.2, 0) is 11.2 Å². The number of amides is 2. The molecule has 2 aromatic carbocycles. The summed E-state index contributed by atoms with van der Waals surface area (Å²) in [6.45, 7) is 0. The third-order valence-electron chi connectivity index (χ3n) is 5.16. The minimum Gasteiger partial charge on any atom is -0.448 e. The van der Waals surface area contributed by atoms with Crippen LogP contribution >= 0.6 is 11.3 Å². The number of hydrogen-bond donors (Lipinski definition) is 2. The van der Waals surface area contributed by atoms with Crippen LogP contribution in [0.15, 0.2) is 71.1 Å². The van der Waals surface area contributed by atoms with E-state index in [1.165, 1.54) is 11.3 Å². The van der Waals surface area contributed by atoms with Crippen molar-refractivity contribution in [3.05, 3.63) is 78.1 Å². The predicted molar refractivity (Wildman–Crippen MR) is 120 cm³/mol. The Balaban J connectivity index is 1.33. The molecule has 1 saturated carbocycles. The second-order valence-corrected chi connectivity index (χ2v) is 8.68. The molecule has 2 aromatic heterocycles. The zero-order valence-electron chi connectivity index (χ0n) is 16.7. The van der Waals surface area contributed by atoms with Crippen molar-refractivity contribution in [3.63, 3.8) is 0 Å². The molecule has 2 heterocycles. The van der Waals surface area contributed by atoms with Crippen LogP contribution in [0.25, 0.3) is 21.0 Å². The first-order chi connectivity index (χ1) is 15.2. The number of nitrogens with one attached hydrogen (secondary N) is 2. The Morgan fingerprint density at radius 1 is 1.03 bits per heavy atom. The van der Waals surface area contributed by atoms with Crippen LogP contribution in [0.1, 0.15) is 29.0 Å². The van der Waals surface area contributed by atoms with Gasteiger partial charge < -0.3 is 15.1 Å². The molecule has 0 saturated heterocycles. The highest BCUT2D eigenvalue weighted by atomic mass is 32.1. The maximum atomic E-state index is 12.9. The number of thiazole rings is 1. The smallest absolute Gasteiger partial charge is 0.287 e. The lowest BCUT2D eigenvalue weighted by atomic mass is 10.1. The van der Waals surface area contributed by atoms with E-state index in [1.807, 2.05) is 54.6 Å². The SMILES string of the molecule is O=C(NC(Cc1ccccc1)C(=O)NC1CC1)c1ccc(-c2nc3ccccc3s2)o1. The van der Waals surface area contributed by atoms with Crippen molar-refractivity contribution in [1.82, 2.24) is 15.6 Å². The molecule has 1 atom stereocenters. The van der Waals surface area contributed by atoms with Crippen molar-refractivity contribution in [2.75, 3.05) is 0 Å². The van der Waals surface area contributed by atoms with E-state index in [-0.39, 0.29) is 17.7 Å². The number of rotatable bonds is 7. The number of nitrogens with zero attached hydrogens (tertiary/aromatic N) is 1. The van der Waals surface area contributed by atoms with Crippen LogP contribution in [0.3, 0.4) is 0 Å². The molecular formula is C24H21N3O3S. The fourth-order valence-corrected chi connectivity index (χ4v) is 4.30. The van der Waals surface area contributed by atoms with Crippen LogP contribution in [0.2, 0.25) is 0 Å². The highest BCUT2D eigenvalue weighted by Gasteiger charge is 2.29. The molecule has 0 spiro atoms. The molecule has 6 nitrogen and oxygen atoms in total. The van der Waals surface area contributed by atoms with E-state index < -0.39 is 11.9 Å². The van der Waals surface area contributed by atoms with Crippen LogP contribution < -0.4 is 10.6 Å². The van der Waals surface area contributed by atoms with E-state index in [2.05, 4.69) is 15.6 Å². The van der Waals surface area contributed by atoms with Gasteiger partial charge in [-0.3, -0.25) is 9.59 Å². The first-order valence-corrected chi connectivity index (χ1v) is 11.1. The van der Waals surface area contributed by atoms with Gasteiger partial charge in [-0.2, -0.15) is 0 Å². The molecule has 2 N–H and O–H groups in total. The molecule has 1 aliphatic carbocycles. The Kier molecular flexibility index (Phi) is 5.26. The third kappa shape index (κ3) is 4.51. The zero-order valence-corrected chi connectivity index (χ0v) is 17.5. The Morgan fingerprint density at radius 3 is 2.58 bits per heavy atom. The summed E-state index contributed by atoms with van der Waals surface area (Å²) in [6, 6.07) is 20.4. The molecular weight excluding hydrogens is 410 g/mol. The molecule has 1 fully saturated rings. The first kappa shape index (κ1) is 19.5. The number of carbonyl (C=O) groups excluding carboxylic acids is 2. The highest BCUT2D eigenvalue weighted by molar-refractivity contribution is 7.21. The van der Waals surface area contributed by atoms with Crippen LogP contribution in [0.4, 0.5) is 0 Å². The Bertz CT molecular complexity index is 1190. The van der Waals surface area contributed by atoms with Gasteiger partial charge in [-0.1, -0.05) is 42.5 Å². The van der Waals surface area contributed by atoms with Gasteiger partial charge in [-0.25, -0.2) is 4.98 Å². The van der Waals surface area contributed by atoms with E-state index in [1.54, 1.807) is 12.1 Å². The van der Waals surface area contributed by atoms with Crippen molar-refractivity contribution in [1.29, 1.82) is 0 Å². The number of furan rings is 1. The lowest BCUT2D eigenvalue weighted by Gasteiger charge is -2.18. The maximum absolute atomic E-state index is 12.9. The quantitative estimate of drug-likeness (QED) is 0.460. The largest absolute Gasteiger partial charge is 0.448 e. The van der Waals surface area contributed by atoms with Crippen LogP contribution in [0, 0.1) is 0 Å². The molecule has 31 heavy (non-hydrogen) atoms. The van der Waals surface area contributed by atoms with Crippen molar-refractivity contribution in [2.24, 2.45) is 0 Å². The predicted octanol–water partition coefficient (Wildman–Crippen LogP) is 4.18. The third-order valence-corrected chi connectivity index (χ3v) is 6.21. The number of hydrogen-bond acceptors (Lipinski definition) is 5. The van der Waals surface area contributed by atoms with Crippen molar-refractivity contribution in [2.45, 2.75) is 31.3 Å². The average Bonchev–Trinajstić information content (AvgIpc) is 3.28. The molecule has 0 radical (unpaired) electrons. The van der Waals surface area contributed by atoms with E-state index >= 15 is 0 Å². The van der Waals surface area contributed by atoms with E-state index in [9.17, 15) is 9.59 Å². The lowest BCUT2D eigenvalue weighted by molar-refractivity contribution is -0.123. The zero-order chi connectivity index (χ0) is 21.2. The topological polar surface area (TPSA) is 84.2 Å². The van der Waals surface area contributed by atoms with Gasteiger partial charge in [0.15, 0.2) is 16.5 Å². The van der Waals surface area contributed by atoms with Crippen LogP contribution in [-0.4, -0.2) is 28.9 Å². The molecule has 156 valence electrons. The summed E-state index contributed by atoms with van der Waals surface area (Å²) < 4.78 is 6.84. The summed E-state index contributed by atoms with van der Waals surface area (Å²) in [7, 11) is 0. The van der Waals surface area contributed by atoms with Gasteiger partial charge in [0.25, 0.3) is 5.91 Å². The van der Waals surface area contributed by atoms with Crippen molar-refractivity contribution >= 4 is 33.4 Å². The first-order valence-electron chi connectivity index (χ1n) is 10.3. The molecule has 5 rings (SSSR count). The minimum atomic E-state index is -0.675. The molecule has 7 heteroatoms. The van der Waals surface area contributed by atoms with E-state index in [0.29, 0.717) is 17.2 Å². The van der Waals surface area contributed by atoms with Gasteiger partial charge >= 0.3 is 0 Å². The summed E-state index contributed by atoms with van der Waals surface area (Å²) in [5.74, 6) is 0.108. The second-order valence-electron chi connectivity index (χ2n) is 7.65. The second kappa shape index (κ2) is 8.35.